The number of rotatable bonds is 9. The highest BCUT2D eigenvalue weighted by atomic mass is 35.5. The SMILES string of the molecule is CCc1ccc2nc(N(CCN(C)C)C(=O)CCSc3ccc(C)cc3)sc2c1.Cl. The third-order valence-corrected chi connectivity index (χ3v) is 6.81. The number of halogens is 1. The number of aromatic nitrogens is 1. The maximum atomic E-state index is 13.1. The number of thioether (sulfide) groups is 1. The molecule has 4 nitrogen and oxygen atoms in total. The summed E-state index contributed by atoms with van der Waals surface area (Å²) < 4.78 is 1.15. The van der Waals surface area contributed by atoms with Crippen LogP contribution in [0.25, 0.3) is 10.2 Å². The van der Waals surface area contributed by atoms with Crippen LogP contribution in [0.5, 0.6) is 0 Å². The highest BCUT2D eigenvalue weighted by molar-refractivity contribution is 7.99. The van der Waals surface area contributed by atoms with E-state index in [0.29, 0.717) is 13.0 Å². The van der Waals surface area contributed by atoms with Crippen molar-refractivity contribution in [2.24, 2.45) is 0 Å². The first kappa shape index (κ1) is 24.7. The molecule has 0 N–H and O–H groups in total. The van der Waals surface area contributed by atoms with Crippen molar-refractivity contribution in [1.82, 2.24) is 9.88 Å². The zero-order valence-corrected chi connectivity index (χ0v) is 20.5. The molecule has 0 saturated heterocycles. The number of benzene rings is 2. The van der Waals surface area contributed by atoms with Crippen molar-refractivity contribution in [2.75, 3.05) is 37.8 Å². The second-order valence-corrected chi connectivity index (χ2v) is 9.59. The van der Waals surface area contributed by atoms with E-state index in [0.717, 1.165) is 34.1 Å². The van der Waals surface area contributed by atoms with Crippen LogP contribution in [0.3, 0.4) is 0 Å². The van der Waals surface area contributed by atoms with Gasteiger partial charge in [-0.15, -0.1) is 24.2 Å². The Kier molecular flexibility index (Phi) is 9.62. The Bertz CT molecular complexity index is 957. The summed E-state index contributed by atoms with van der Waals surface area (Å²) in [4.78, 5) is 23.0. The predicted octanol–water partition coefficient (Wildman–Crippen LogP) is 5.67. The van der Waals surface area contributed by atoms with Crippen LogP contribution in [0.4, 0.5) is 5.13 Å². The first-order valence-electron chi connectivity index (χ1n) is 10.0. The molecule has 0 spiro atoms. The van der Waals surface area contributed by atoms with Gasteiger partial charge in [0, 0.05) is 30.2 Å². The normalized spacial score (nSPS) is 11.0. The van der Waals surface area contributed by atoms with Crippen molar-refractivity contribution in [1.29, 1.82) is 0 Å². The molecule has 0 aliphatic heterocycles. The predicted molar refractivity (Wildman–Crippen MR) is 134 cm³/mol. The average Bonchev–Trinajstić information content (AvgIpc) is 3.12. The monoisotopic (exact) mass is 463 g/mol. The zero-order valence-electron chi connectivity index (χ0n) is 18.1. The van der Waals surface area contributed by atoms with Gasteiger partial charge in [-0.05, 0) is 57.3 Å². The van der Waals surface area contributed by atoms with Gasteiger partial charge in [-0.2, -0.15) is 0 Å². The van der Waals surface area contributed by atoms with Crippen LogP contribution in [0.1, 0.15) is 24.5 Å². The van der Waals surface area contributed by atoms with E-state index in [-0.39, 0.29) is 18.3 Å². The lowest BCUT2D eigenvalue weighted by molar-refractivity contribution is -0.118. The second kappa shape index (κ2) is 11.7. The quantitative estimate of drug-likeness (QED) is 0.383. The fraction of sp³-hybridized carbons (Fsp3) is 0.391. The number of hydrogen-bond acceptors (Lipinski definition) is 5. The molecular weight excluding hydrogens is 434 g/mol. The van der Waals surface area contributed by atoms with E-state index in [9.17, 15) is 4.79 Å². The molecule has 0 bridgehead atoms. The Hall–Kier alpha value is -1.60. The molecule has 162 valence electrons. The van der Waals surface area contributed by atoms with Gasteiger partial charge in [0.05, 0.1) is 10.2 Å². The van der Waals surface area contributed by atoms with E-state index in [4.69, 9.17) is 4.98 Å². The van der Waals surface area contributed by atoms with Gasteiger partial charge in [0.1, 0.15) is 0 Å². The molecule has 3 rings (SSSR count). The van der Waals surface area contributed by atoms with Crippen molar-refractivity contribution >= 4 is 56.8 Å². The maximum Gasteiger partial charge on any atom is 0.229 e. The van der Waals surface area contributed by atoms with Gasteiger partial charge in [-0.3, -0.25) is 9.69 Å². The summed E-state index contributed by atoms with van der Waals surface area (Å²) in [5, 5.41) is 0.806. The molecule has 0 unspecified atom stereocenters. The summed E-state index contributed by atoms with van der Waals surface area (Å²) in [6, 6.07) is 14.8. The van der Waals surface area contributed by atoms with Gasteiger partial charge in [-0.1, -0.05) is 42.0 Å². The van der Waals surface area contributed by atoms with Gasteiger partial charge in [0.2, 0.25) is 5.91 Å². The molecule has 3 aromatic rings. The molecule has 1 amide bonds. The van der Waals surface area contributed by atoms with Crippen molar-refractivity contribution in [3.05, 3.63) is 53.6 Å². The Labute approximate surface area is 194 Å². The Morgan fingerprint density at radius 2 is 1.83 bits per heavy atom. The first-order chi connectivity index (χ1) is 14.0. The van der Waals surface area contributed by atoms with E-state index in [2.05, 4.69) is 61.2 Å². The van der Waals surface area contributed by atoms with Gasteiger partial charge >= 0.3 is 0 Å². The van der Waals surface area contributed by atoms with Crippen molar-refractivity contribution in [3.63, 3.8) is 0 Å². The van der Waals surface area contributed by atoms with Crippen LogP contribution in [0.15, 0.2) is 47.4 Å². The number of hydrogen-bond donors (Lipinski definition) is 0. The van der Waals surface area contributed by atoms with Crippen molar-refractivity contribution < 1.29 is 4.79 Å². The van der Waals surface area contributed by atoms with Gasteiger partial charge in [0.25, 0.3) is 0 Å². The Morgan fingerprint density at radius 1 is 1.10 bits per heavy atom. The van der Waals surface area contributed by atoms with E-state index >= 15 is 0 Å². The van der Waals surface area contributed by atoms with E-state index in [1.807, 2.05) is 19.0 Å². The Balaban J connectivity index is 0.00000320. The minimum Gasteiger partial charge on any atom is -0.308 e. The van der Waals surface area contributed by atoms with E-state index in [1.165, 1.54) is 16.0 Å². The zero-order chi connectivity index (χ0) is 20.8. The smallest absolute Gasteiger partial charge is 0.229 e. The van der Waals surface area contributed by atoms with Gasteiger partial charge in [0.15, 0.2) is 5.13 Å². The summed E-state index contributed by atoms with van der Waals surface area (Å²) in [5.74, 6) is 0.909. The Morgan fingerprint density at radius 3 is 2.50 bits per heavy atom. The third-order valence-electron chi connectivity index (χ3n) is 4.76. The van der Waals surface area contributed by atoms with Crippen LogP contribution in [-0.4, -0.2) is 48.7 Å². The molecule has 7 heteroatoms. The van der Waals surface area contributed by atoms with Gasteiger partial charge in [-0.25, -0.2) is 4.98 Å². The molecule has 0 saturated carbocycles. The summed E-state index contributed by atoms with van der Waals surface area (Å²) in [7, 11) is 4.06. The molecule has 30 heavy (non-hydrogen) atoms. The maximum absolute atomic E-state index is 13.1. The number of amides is 1. The molecule has 0 atom stereocenters. The fourth-order valence-electron chi connectivity index (χ4n) is 2.94. The lowest BCUT2D eigenvalue weighted by Gasteiger charge is -2.22. The van der Waals surface area contributed by atoms with Crippen molar-refractivity contribution in [2.45, 2.75) is 31.6 Å². The molecule has 0 aliphatic rings. The third kappa shape index (κ3) is 6.71. The number of anilines is 1. The largest absolute Gasteiger partial charge is 0.308 e. The fourth-order valence-corrected chi connectivity index (χ4v) is 4.86. The number of fused-ring (bicyclic) bond motifs is 1. The average molecular weight is 464 g/mol. The van der Waals surface area contributed by atoms with Crippen LogP contribution < -0.4 is 4.90 Å². The van der Waals surface area contributed by atoms with Crippen LogP contribution in [0.2, 0.25) is 0 Å². The molecular formula is C23H30ClN3OS2. The summed E-state index contributed by atoms with van der Waals surface area (Å²) in [5.41, 5.74) is 3.52. The van der Waals surface area contributed by atoms with Crippen molar-refractivity contribution in [3.8, 4) is 0 Å². The number of aryl methyl sites for hydroxylation is 2. The number of likely N-dealkylation sites (N-methyl/N-ethyl adjacent to an activating group) is 1. The number of thiazole rings is 1. The minimum atomic E-state index is 0. The summed E-state index contributed by atoms with van der Waals surface area (Å²) in [6.45, 7) is 5.71. The van der Waals surface area contributed by atoms with Gasteiger partial charge < -0.3 is 4.90 Å². The molecule has 0 fully saturated rings. The second-order valence-electron chi connectivity index (χ2n) is 7.41. The summed E-state index contributed by atoms with van der Waals surface area (Å²) in [6.07, 6.45) is 1.50. The highest BCUT2D eigenvalue weighted by Gasteiger charge is 2.20. The summed E-state index contributed by atoms with van der Waals surface area (Å²) >= 11 is 3.34. The molecule has 2 aromatic carbocycles. The lowest BCUT2D eigenvalue weighted by atomic mass is 10.2. The first-order valence-corrected chi connectivity index (χ1v) is 11.8. The van der Waals surface area contributed by atoms with Crippen LogP contribution >= 0.6 is 35.5 Å². The number of carbonyl (C=O) groups excluding carboxylic acids is 1. The number of carbonyl (C=O) groups is 1. The van der Waals surface area contributed by atoms with Crippen LogP contribution in [0, 0.1) is 6.92 Å². The molecule has 0 radical (unpaired) electrons. The molecule has 1 heterocycles. The minimum absolute atomic E-state index is 0. The lowest BCUT2D eigenvalue weighted by Crippen LogP contribution is -2.36. The standard InChI is InChI=1S/C23H29N3OS2.ClH/c1-5-18-8-11-20-21(16-18)29-23(24-20)26(14-13-25(3)4)22(27)12-15-28-19-9-6-17(2)7-10-19;/h6-11,16H,5,12-15H2,1-4H3;1H. The molecule has 1 aromatic heterocycles. The van der Waals surface area contributed by atoms with E-state index < -0.39 is 0 Å². The van der Waals surface area contributed by atoms with Crippen LogP contribution in [-0.2, 0) is 11.2 Å². The highest BCUT2D eigenvalue weighted by Crippen LogP contribution is 2.30. The topological polar surface area (TPSA) is 36.4 Å². The number of nitrogens with zero attached hydrogens (tertiary/aromatic N) is 3. The molecule has 0 aliphatic carbocycles. The van der Waals surface area contributed by atoms with E-state index in [1.54, 1.807) is 23.1 Å².